The molecule has 6 aromatic rings. The first-order chi connectivity index (χ1) is 16.3. The third-order valence-electron chi connectivity index (χ3n) is 5.48. The molecule has 5 nitrogen and oxygen atoms in total. The van der Waals surface area contributed by atoms with E-state index in [4.69, 9.17) is 4.74 Å². The SMILES string of the molecule is Cc1ccnc(-n2c3[c-]c(-c4[c-]c(Oc5ccccn5)ccc4)ccc3c3ccccc32)n1.[Pt+2]. The van der Waals surface area contributed by atoms with Crippen molar-refractivity contribution in [2.45, 2.75) is 6.92 Å². The number of aromatic nitrogens is 4. The maximum Gasteiger partial charge on any atom is 2.00 e. The first kappa shape index (κ1) is 22.0. The third-order valence-corrected chi connectivity index (χ3v) is 5.48. The summed E-state index contributed by atoms with van der Waals surface area (Å²) in [4.78, 5) is 13.4. The van der Waals surface area contributed by atoms with E-state index >= 15 is 0 Å². The molecule has 0 spiro atoms. The van der Waals surface area contributed by atoms with Gasteiger partial charge in [0, 0.05) is 35.4 Å². The van der Waals surface area contributed by atoms with Gasteiger partial charge in [-0.05, 0) is 36.0 Å². The second-order valence-corrected chi connectivity index (χ2v) is 7.68. The molecule has 34 heavy (non-hydrogen) atoms. The van der Waals surface area contributed by atoms with Crippen molar-refractivity contribution in [3.8, 4) is 28.7 Å². The van der Waals surface area contributed by atoms with Gasteiger partial charge in [0.25, 0.3) is 0 Å². The summed E-state index contributed by atoms with van der Waals surface area (Å²) in [5.41, 5.74) is 4.67. The van der Waals surface area contributed by atoms with Crippen LogP contribution in [-0.4, -0.2) is 19.5 Å². The van der Waals surface area contributed by atoms with Gasteiger partial charge in [-0.25, -0.2) is 26.1 Å². The van der Waals surface area contributed by atoms with E-state index in [2.05, 4.69) is 55.9 Å². The smallest absolute Gasteiger partial charge is 0.460 e. The zero-order valence-electron chi connectivity index (χ0n) is 18.2. The normalized spacial score (nSPS) is 10.9. The van der Waals surface area contributed by atoms with Gasteiger partial charge >= 0.3 is 21.1 Å². The molecule has 0 radical (unpaired) electrons. The number of pyridine rings is 1. The van der Waals surface area contributed by atoms with E-state index < -0.39 is 0 Å². The van der Waals surface area contributed by atoms with E-state index in [9.17, 15) is 0 Å². The fraction of sp³-hybridized carbons (Fsp3) is 0.0357. The van der Waals surface area contributed by atoms with Crippen LogP contribution in [-0.2, 0) is 21.1 Å². The number of para-hydroxylation sites is 1. The number of benzene rings is 3. The summed E-state index contributed by atoms with van der Waals surface area (Å²) in [6.45, 7) is 1.97. The Morgan fingerprint density at radius 2 is 1.59 bits per heavy atom. The molecule has 166 valence electrons. The molecule has 0 saturated heterocycles. The van der Waals surface area contributed by atoms with Crippen molar-refractivity contribution >= 4 is 21.8 Å². The van der Waals surface area contributed by atoms with E-state index in [-0.39, 0.29) is 21.1 Å². The van der Waals surface area contributed by atoms with Gasteiger partial charge in [0.1, 0.15) is 0 Å². The molecule has 0 aliphatic carbocycles. The summed E-state index contributed by atoms with van der Waals surface area (Å²) in [7, 11) is 0. The maximum atomic E-state index is 5.88. The quantitative estimate of drug-likeness (QED) is 0.216. The van der Waals surface area contributed by atoms with Crippen LogP contribution in [0.4, 0.5) is 0 Å². The summed E-state index contributed by atoms with van der Waals surface area (Å²) in [5, 5.41) is 2.23. The zero-order valence-corrected chi connectivity index (χ0v) is 20.4. The van der Waals surface area contributed by atoms with E-state index in [1.165, 1.54) is 0 Å². The van der Waals surface area contributed by atoms with Crippen LogP contribution in [0.2, 0.25) is 0 Å². The number of rotatable bonds is 4. The number of hydrogen-bond acceptors (Lipinski definition) is 4. The Morgan fingerprint density at radius 3 is 2.44 bits per heavy atom. The maximum absolute atomic E-state index is 5.88. The van der Waals surface area contributed by atoms with Gasteiger partial charge < -0.3 is 4.74 Å². The van der Waals surface area contributed by atoms with Gasteiger partial charge in [-0.15, -0.1) is 18.2 Å². The molecule has 0 saturated carbocycles. The van der Waals surface area contributed by atoms with E-state index in [0.29, 0.717) is 17.6 Å². The number of fused-ring (bicyclic) bond motifs is 3. The summed E-state index contributed by atoms with van der Waals surface area (Å²) in [5.74, 6) is 1.76. The van der Waals surface area contributed by atoms with Crippen LogP contribution in [0.1, 0.15) is 5.69 Å². The van der Waals surface area contributed by atoms with E-state index in [1.54, 1.807) is 12.4 Å². The molecular weight excluding hydrogens is 603 g/mol. The van der Waals surface area contributed by atoms with Gasteiger partial charge in [0.05, 0.1) is 0 Å². The first-order valence-electron chi connectivity index (χ1n) is 10.6. The van der Waals surface area contributed by atoms with Crippen molar-refractivity contribution < 1.29 is 25.8 Å². The van der Waals surface area contributed by atoms with E-state index in [1.807, 2.05) is 61.5 Å². The zero-order chi connectivity index (χ0) is 22.2. The van der Waals surface area contributed by atoms with Crippen molar-refractivity contribution in [1.82, 2.24) is 19.5 Å². The minimum Gasteiger partial charge on any atom is -0.460 e. The Kier molecular flexibility index (Phi) is 5.95. The standard InChI is InChI=1S/C28H18N4O.Pt/c1-19-14-16-30-28(31-19)32-25-10-3-2-9-23(25)24-13-12-21(18-26(24)32)20-7-6-8-22(17-20)33-27-11-4-5-15-29-27;/h2-16H,1H3;/q-2;+2. The van der Waals surface area contributed by atoms with E-state index in [0.717, 1.165) is 38.6 Å². The Bertz CT molecular complexity index is 1610. The molecule has 0 fully saturated rings. The van der Waals surface area contributed by atoms with Crippen molar-refractivity contribution in [2.24, 2.45) is 0 Å². The number of aryl methyl sites for hydroxylation is 1. The second-order valence-electron chi connectivity index (χ2n) is 7.68. The van der Waals surface area contributed by atoms with Crippen LogP contribution in [0, 0.1) is 19.1 Å². The van der Waals surface area contributed by atoms with Crippen LogP contribution >= 0.6 is 0 Å². The molecule has 3 heterocycles. The molecule has 6 rings (SSSR count). The summed E-state index contributed by atoms with van der Waals surface area (Å²) in [6.07, 6.45) is 3.49. The number of ether oxygens (including phenoxy) is 1. The van der Waals surface area contributed by atoms with Crippen LogP contribution in [0.25, 0.3) is 38.9 Å². The summed E-state index contributed by atoms with van der Waals surface area (Å²) < 4.78 is 7.94. The molecule has 0 unspecified atom stereocenters. The second kappa shape index (κ2) is 9.20. The van der Waals surface area contributed by atoms with Crippen molar-refractivity contribution in [2.75, 3.05) is 0 Å². The largest absolute Gasteiger partial charge is 2.00 e. The minimum atomic E-state index is 0. The van der Waals surface area contributed by atoms with Crippen molar-refractivity contribution in [3.05, 3.63) is 109 Å². The Balaban J connectivity index is 0.00000241. The number of hydrogen-bond donors (Lipinski definition) is 0. The van der Waals surface area contributed by atoms with Crippen LogP contribution in [0.15, 0.2) is 91.3 Å². The molecular formula is C28H18N4OPt. The summed E-state index contributed by atoms with van der Waals surface area (Å²) >= 11 is 0. The molecule has 0 N–H and O–H groups in total. The van der Waals surface area contributed by atoms with Gasteiger partial charge in [-0.3, -0.25) is 4.57 Å². The predicted octanol–water partition coefficient (Wildman–Crippen LogP) is 6.33. The molecule has 0 aliphatic rings. The summed E-state index contributed by atoms with van der Waals surface area (Å²) in [6, 6.07) is 32.7. The fourth-order valence-electron chi connectivity index (χ4n) is 3.99. The average Bonchev–Trinajstić information content (AvgIpc) is 3.18. The molecule has 0 bridgehead atoms. The Labute approximate surface area is 211 Å². The fourth-order valence-corrected chi connectivity index (χ4v) is 3.99. The van der Waals surface area contributed by atoms with Gasteiger partial charge in [0.2, 0.25) is 11.8 Å². The average molecular weight is 622 g/mol. The van der Waals surface area contributed by atoms with Gasteiger partial charge in [0.15, 0.2) is 0 Å². The first-order valence-corrected chi connectivity index (χ1v) is 10.6. The molecule has 0 amide bonds. The van der Waals surface area contributed by atoms with Crippen LogP contribution in [0.5, 0.6) is 11.6 Å². The van der Waals surface area contributed by atoms with Gasteiger partial charge in [-0.1, -0.05) is 29.7 Å². The topological polar surface area (TPSA) is 52.8 Å². The molecule has 3 aromatic carbocycles. The predicted molar refractivity (Wildman–Crippen MR) is 129 cm³/mol. The molecule has 3 aromatic heterocycles. The Hall–Kier alpha value is -3.82. The minimum absolute atomic E-state index is 0. The van der Waals surface area contributed by atoms with Crippen molar-refractivity contribution in [1.29, 1.82) is 0 Å². The molecule has 0 aliphatic heterocycles. The van der Waals surface area contributed by atoms with Crippen LogP contribution in [0.3, 0.4) is 0 Å². The Morgan fingerprint density at radius 1 is 0.735 bits per heavy atom. The third kappa shape index (κ3) is 4.00. The van der Waals surface area contributed by atoms with Crippen LogP contribution < -0.4 is 4.74 Å². The monoisotopic (exact) mass is 621 g/mol. The molecule has 6 heteroatoms. The van der Waals surface area contributed by atoms with Crippen molar-refractivity contribution in [3.63, 3.8) is 0 Å². The number of nitrogens with zero attached hydrogens (tertiary/aromatic N) is 4. The molecule has 0 atom stereocenters. The van der Waals surface area contributed by atoms with Gasteiger partial charge in [-0.2, -0.15) is 24.3 Å².